The molecule has 1 saturated carbocycles. The summed E-state index contributed by atoms with van der Waals surface area (Å²) in [5, 5.41) is 7.12. The molecule has 0 aromatic carbocycles. The monoisotopic (exact) mass is 267 g/mol. The number of ether oxygens (including phenoxy) is 1. The average molecular weight is 267 g/mol. The van der Waals surface area contributed by atoms with Gasteiger partial charge >= 0.3 is 0 Å². The summed E-state index contributed by atoms with van der Waals surface area (Å²) in [6.45, 7) is 12.8. The molecule has 2 rings (SSSR count). The van der Waals surface area contributed by atoms with E-state index in [4.69, 9.17) is 4.74 Å². The fraction of sp³-hybridized carbons (Fsp3) is 0.933. The lowest BCUT2D eigenvalue weighted by atomic mass is 9.57. The highest BCUT2D eigenvalue weighted by Crippen LogP contribution is 2.52. The number of nitrogens with zero attached hydrogens (tertiary/aromatic N) is 1. The molecule has 2 N–H and O–H groups in total. The van der Waals surface area contributed by atoms with Crippen molar-refractivity contribution in [3.8, 4) is 0 Å². The average Bonchev–Trinajstić information content (AvgIpc) is 2.82. The molecule has 0 radical (unpaired) electrons. The first-order valence-electron chi connectivity index (χ1n) is 7.69. The van der Waals surface area contributed by atoms with E-state index in [0.29, 0.717) is 24.1 Å². The Hall–Kier alpha value is -0.770. The van der Waals surface area contributed by atoms with Crippen LogP contribution < -0.4 is 10.6 Å². The highest BCUT2D eigenvalue weighted by atomic mass is 16.5. The van der Waals surface area contributed by atoms with Gasteiger partial charge in [0.1, 0.15) is 0 Å². The fourth-order valence-corrected chi connectivity index (χ4v) is 3.39. The molecule has 1 aliphatic carbocycles. The molecule has 110 valence electrons. The van der Waals surface area contributed by atoms with Crippen LogP contribution in [0.1, 0.15) is 47.5 Å². The molecule has 0 aromatic heterocycles. The second-order valence-electron chi connectivity index (χ2n) is 6.46. The van der Waals surface area contributed by atoms with Crippen LogP contribution in [0.5, 0.6) is 0 Å². The highest BCUT2D eigenvalue weighted by molar-refractivity contribution is 5.80. The largest absolute Gasteiger partial charge is 0.377 e. The van der Waals surface area contributed by atoms with Crippen molar-refractivity contribution in [3.05, 3.63) is 0 Å². The van der Waals surface area contributed by atoms with Crippen LogP contribution in [0.4, 0.5) is 0 Å². The molecule has 2 aliphatic rings. The minimum Gasteiger partial charge on any atom is -0.377 e. The maximum absolute atomic E-state index is 5.84. The minimum atomic E-state index is 0.201. The van der Waals surface area contributed by atoms with Crippen molar-refractivity contribution in [1.82, 2.24) is 10.6 Å². The Kier molecular flexibility index (Phi) is 4.39. The lowest BCUT2D eigenvalue weighted by Crippen LogP contribution is -2.68. The Morgan fingerprint density at radius 1 is 1.42 bits per heavy atom. The fourth-order valence-electron chi connectivity index (χ4n) is 3.39. The third-order valence-electron chi connectivity index (χ3n) is 4.70. The number of guanidine groups is 1. The summed E-state index contributed by atoms with van der Waals surface area (Å²) < 4.78 is 5.84. The van der Waals surface area contributed by atoms with Gasteiger partial charge in [0.15, 0.2) is 5.96 Å². The van der Waals surface area contributed by atoms with Gasteiger partial charge in [-0.3, -0.25) is 4.99 Å². The number of rotatable bonds is 4. The minimum absolute atomic E-state index is 0.201. The van der Waals surface area contributed by atoms with Crippen molar-refractivity contribution in [3.63, 3.8) is 0 Å². The summed E-state index contributed by atoms with van der Waals surface area (Å²) in [4.78, 5) is 4.57. The van der Waals surface area contributed by atoms with Crippen LogP contribution in [0.2, 0.25) is 0 Å². The molecule has 0 bridgehead atoms. The Balaban J connectivity index is 1.99. The van der Waals surface area contributed by atoms with Crippen LogP contribution in [-0.2, 0) is 4.74 Å². The second kappa shape index (κ2) is 5.70. The molecular formula is C15H29N3O. The number of hydrogen-bond acceptors (Lipinski definition) is 2. The van der Waals surface area contributed by atoms with Crippen LogP contribution in [0.15, 0.2) is 4.99 Å². The summed E-state index contributed by atoms with van der Waals surface area (Å²) in [6.07, 6.45) is 2.71. The van der Waals surface area contributed by atoms with Crippen molar-refractivity contribution in [2.24, 2.45) is 16.3 Å². The lowest BCUT2D eigenvalue weighted by Gasteiger charge is -2.55. The highest BCUT2D eigenvalue weighted by Gasteiger charge is 2.59. The molecule has 0 aromatic rings. The zero-order valence-electron chi connectivity index (χ0n) is 13.0. The van der Waals surface area contributed by atoms with Gasteiger partial charge in [-0.1, -0.05) is 20.8 Å². The van der Waals surface area contributed by atoms with Gasteiger partial charge in [-0.2, -0.15) is 0 Å². The molecule has 1 saturated heterocycles. The molecule has 2 fully saturated rings. The van der Waals surface area contributed by atoms with Crippen molar-refractivity contribution >= 4 is 5.96 Å². The first kappa shape index (κ1) is 14.6. The van der Waals surface area contributed by atoms with Crippen LogP contribution in [0.25, 0.3) is 0 Å². The summed E-state index contributed by atoms with van der Waals surface area (Å²) >= 11 is 0. The maximum Gasteiger partial charge on any atom is 0.191 e. The van der Waals surface area contributed by atoms with E-state index in [2.05, 4.69) is 50.2 Å². The van der Waals surface area contributed by atoms with E-state index in [0.717, 1.165) is 25.5 Å². The van der Waals surface area contributed by atoms with Gasteiger partial charge in [-0.25, -0.2) is 0 Å². The van der Waals surface area contributed by atoms with Crippen molar-refractivity contribution in [2.75, 3.05) is 13.2 Å². The van der Waals surface area contributed by atoms with Crippen LogP contribution in [0.3, 0.4) is 0 Å². The van der Waals surface area contributed by atoms with E-state index < -0.39 is 0 Å². The SMILES string of the molecule is CCN=C(NC(C)CC)NC1C2CCOC2C1(C)C. The molecule has 19 heavy (non-hydrogen) atoms. The Morgan fingerprint density at radius 3 is 2.79 bits per heavy atom. The van der Waals surface area contributed by atoms with Crippen molar-refractivity contribution < 1.29 is 4.74 Å². The maximum atomic E-state index is 5.84. The molecule has 1 heterocycles. The van der Waals surface area contributed by atoms with E-state index >= 15 is 0 Å². The van der Waals surface area contributed by atoms with Gasteiger partial charge < -0.3 is 15.4 Å². The number of nitrogens with one attached hydrogen (secondary N) is 2. The molecule has 0 amide bonds. The van der Waals surface area contributed by atoms with E-state index in [1.807, 2.05) is 0 Å². The van der Waals surface area contributed by atoms with Gasteiger partial charge in [0, 0.05) is 36.6 Å². The zero-order valence-corrected chi connectivity index (χ0v) is 13.0. The zero-order chi connectivity index (χ0) is 14.0. The number of hydrogen-bond donors (Lipinski definition) is 2. The van der Waals surface area contributed by atoms with E-state index in [9.17, 15) is 0 Å². The first-order chi connectivity index (χ1) is 9.00. The molecule has 4 unspecified atom stereocenters. The lowest BCUT2D eigenvalue weighted by molar-refractivity contribution is -0.106. The Bertz CT molecular complexity index is 340. The summed E-state index contributed by atoms with van der Waals surface area (Å²) in [6, 6.07) is 0.929. The van der Waals surface area contributed by atoms with Gasteiger partial charge in [-0.15, -0.1) is 0 Å². The number of aliphatic imine (C=N–C) groups is 1. The van der Waals surface area contributed by atoms with Crippen molar-refractivity contribution in [2.45, 2.75) is 65.6 Å². The summed E-state index contributed by atoms with van der Waals surface area (Å²) in [5.74, 6) is 1.61. The topological polar surface area (TPSA) is 45.7 Å². The molecule has 4 atom stereocenters. The molecule has 0 spiro atoms. The predicted molar refractivity (Wildman–Crippen MR) is 79.4 cm³/mol. The van der Waals surface area contributed by atoms with E-state index in [1.165, 1.54) is 6.42 Å². The standard InChI is InChI=1S/C15H29N3O/c1-6-10(3)17-14(16-7-2)18-12-11-8-9-19-13(11)15(12,4)5/h10-13H,6-9H2,1-5H3,(H2,16,17,18). The summed E-state index contributed by atoms with van der Waals surface area (Å²) in [5.41, 5.74) is 0.201. The van der Waals surface area contributed by atoms with Gasteiger partial charge in [0.25, 0.3) is 0 Å². The predicted octanol–water partition coefficient (Wildman–Crippen LogP) is 2.15. The Labute approximate surface area is 117 Å². The van der Waals surface area contributed by atoms with Gasteiger partial charge in [-0.05, 0) is 26.7 Å². The number of fused-ring (bicyclic) bond motifs is 1. The quantitative estimate of drug-likeness (QED) is 0.606. The third-order valence-corrected chi connectivity index (χ3v) is 4.70. The summed E-state index contributed by atoms with van der Waals surface area (Å²) in [7, 11) is 0. The van der Waals surface area contributed by atoms with E-state index in [-0.39, 0.29) is 5.41 Å². The van der Waals surface area contributed by atoms with Crippen molar-refractivity contribution in [1.29, 1.82) is 0 Å². The van der Waals surface area contributed by atoms with E-state index in [1.54, 1.807) is 0 Å². The molecule has 1 aliphatic heterocycles. The van der Waals surface area contributed by atoms with Crippen LogP contribution in [0, 0.1) is 11.3 Å². The molecule has 4 nitrogen and oxygen atoms in total. The van der Waals surface area contributed by atoms with Gasteiger partial charge in [0.05, 0.1) is 6.10 Å². The molecule has 4 heteroatoms. The van der Waals surface area contributed by atoms with Gasteiger partial charge in [0.2, 0.25) is 0 Å². The molecular weight excluding hydrogens is 238 g/mol. The second-order valence-corrected chi connectivity index (χ2v) is 6.46. The van der Waals surface area contributed by atoms with Crippen LogP contribution in [-0.4, -0.2) is 37.3 Å². The Morgan fingerprint density at radius 2 is 2.16 bits per heavy atom. The first-order valence-corrected chi connectivity index (χ1v) is 7.69. The third kappa shape index (κ3) is 2.73. The van der Waals surface area contributed by atoms with Crippen LogP contribution >= 0.6 is 0 Å². The normalized spacial score (nSPS) is 34.4. The smallest absolute Gasteiger partial charge is 0.191 e.